The van der Waals surface area contributed by atoms with Crippen molar-refractivity contribution in [2.75, 3.05) is 0 Å². The standard InChI is InChI=1S/C24H28/c1-5-7-8-9-10-11-15-21(4)24(20(3)14-6-2)18-22-16-12-13-17-23(22)19-24/h5-6,9-17H,1,3-4,7-8,18-19H2,2H3/b10-9-,14-6-,15-11-. The summed E-state index contributed by atoms with van der Waals surface area (Å²) in [5.74, 6) is 0. The Kier molecular flexibility index (Phi) is 6.37. The van der Waals surface area contributed by atoms with E-state index in [2.05, 4.69) is 80.5 Å². The maximum absolute atomic E-state index is 4.40. The summed E-state index contributed by atoms with van der Waals surface area (Å²) in [5.41, 5.74) is 5.02. The van der Waals surface area contributed by atoms with Crippen LogP contribution in [-0.4, -0.2) is 0 Å². The Labute approximate surface area is 147 Å². The highest BCUT2D eigenvalue weighted by atomic mass is 14.4. The average Bonchev–Trinajstić information content (AvgIpc) is 2.99. The summed E-state index contributed by atoms with van der Waals surface area (Å²) >= 11 is 0. The third-order valence-corrected chi connectivity index (χ3v) is 4.78. The zero-order valence-corrected chi connectivity index (χ0v) is 14.8. The van der Waals surface area contributed by atoms with E-state index in [0.29, 0.717) is 0 Å². The van der Waals surface area contributed by atoms with E-state index in [1.165, 1.54) is 11.1 Å². The van der Waals surface area contributed by atoms with Crippen LogP contribution in [-0.2, 0) is 12.8 Å². The van der Waals surface area contributed by atoms with Crippen LogP contribution in [0.3, 0.4) is 0 Å². The van der Waals surface area contributed by atoms with Gasteiger partial charge in [-0.25, -0.2) is 0 Å². The third kappa shape index (κ3) is 3.94. The summed E-state index contributed by atoms with van der Waals surface area (Å²) in [4.78, 5) is 0. The number of allylic oxidation sites excluding steroid dienone is 9. The molecule has 0 aliphatic heterocycles. The van der Waals surface area contributed by atoms with Gasteiger partial charge in [0.1, 0.15) is 0 Å². The highest BCUT2D eigenvalue weighted by Gasteiger charge is 2.39. The van der Waals surface area contributed by atoms with Gasteiger partial charge in [0.2, 0.25) is 0 Å². The molecule has 0 saturated carbocycles. The van der Waals surface area contributed by atoms with E-state index >= 15 is 0 Å². The lowest BCUT2D eigenvalue weighted by atomic mass is 9.72. The molecule has 0 N–H and O–H groups in total. The molecule has 0 atom stereocenters. The summed E-state index contributed by atoms with van der Waals surface area (Å²) in [6, 6.07) is 8.70. The van der Waals surface area contributed by atoms with E-state index in [-0.39, 0.29) is 5.41 Å². The summed E-state index contributed by atoms with van der Waals surface area (Å²) < 4.78 is 0. The summed E-state index contributed by atoms with van der Waals surface area (Å²) in [6.45, 7) is 14.5. The first-order valence-corrected chi connectivity index (χ1v) is 8.66. The number of hydrogen-bond acceptors (Lipinski definition) is 0. The van der Waals surface area contributed by atoms with Crippen molar-refractivity contribution in [2.24, 2.45) is 5.41 Å². The lowest BCUT2D eigenvalue weighted by Gasteiger charge is -2.31. The zero-order chi connectivity index (χ0) is 17.4. The summed E-state index contributed by atoms with van der Waals surface area (Å²) in [6.07, 6.45) is 18.7. The van der Waals surface area contributed by atoms with Gasteiger partial charge in [-0.15, -0.1) is 6.58 Å². The number of fused-ring (bicyclic) bond motifs is 1. The average molecular weight is 316 g/mol. The minimum absolute atomic E-state index is 0.0956. The van der Waals surface area contributed by atoms with Gasteiger partial charge in [0.15, 0.2) is 0 Å². The fourth-order valence-electron chi connectivity index (χ4n) is 3.36. The van der Waals surface area contributed by atoms with Crippen LogP contribution < -0.4 is 0 Å². The first-order valence-electron chi connectivity index (χ1n) is 8.66. The van der Waals surface area contributed by atoms with Gasteiger partial charge in [0.25, 0.3) is 0 Å². The van der Waals surface area contributed by atoms with Crippen molar-refractivity contribution in [2.45, 2.75) is 32.6 Å². The van der Waals surface area contributed by atoms with Crippen molar-refractivity contribution in [3.05, 3.63) is 109 Å². The van der Waals surface area contributed by atoms with Crippen LogP contribution in [0.25, 0.3) is 0 Å². The Morgan fingerprint density at radius 1 is 1.00 bits per heavy atom. The molecule has 0 heterocycles. The molecule has 0 amide bonds. The van der Waals surface area contributed by atoms with Crippen LogP contribution in [0.4, 0.5) is 0 Å². The second kappa shape index (κ2) is 8.49. The molecule has 0 aromatic heterocycles. The quantitative estimate of drug-likeness (QED) is 0.290. The molecule has 1 aliphatic carbocycles. The molecule has 0 radical (unpaired) electrons. The van der Waals surface area contributed by atoms with E-state index in [4.69, 9.17) is 0 Å². The fraction of sp³-hybridized carbons (Fsp3) is 0.250. The maximum atomic E-state index is 4.40. The highest BCUT2D eigenvalue weighted by molar-refractivity contribution is 5.49. The van der Waals surface area contributed by atoms with Crippen molar-refractivity contribution in [1.82, 2.24) is 0 Å². The minimum atomic E-state index is -0.0956. The Morgan fingerprint density at radius 2 is 1.62 bits per heavy atom. The zero-order valence-electron chi connectivity index (χ0n) is 14.8. The van der Waals surface area contributed by atoms with Crippen molar-refractivity contribution < 1.29 is 0 Å². The molecule has 124 valence electrons. The molecular formula is C24H28. The van der Waals surface area contributed by atoms with Gasteiger partial charge in [0, 0.05) is 5.41 Å². The number of rotatable bonds is 8. The SMILES string of the molecule is C=CCC/C=C\C=C/C(=C)C1(C(=C)/C=C\C)Cc2ccccc2C1. The maximum Gasteiger partial charge on any atom is 0.0271 e. The summed E-state index contributed by atoms with van der Waals surface area (Å²) in [5, 5.41) is 0. The predicted molar refractivity (Wildman–Crippen MR) is 107 cm³/mol. The van der Waals surface area contributed by atoms with Crippen molar-refractivity contribution in [3.8, 4) is 0 Å². The van der Waals surface area contributed by atoms with Crippen LogP contribution in [0.1, 0.15) is 30.9 Å². The van der Waals surface area contributed by atoms with E-state index < -0.39 is 0 Å². The largest absolute Gasteiger partial charge is 0.103 e. The molecule has 0 fully saturated rings. The molecule has 0 saturated heterocycles. The van der Waals surface area contributed by atoms with E-state index in [9.17, 15) is 0 Å². The molecule has 0 spiro atoms. The molecule has 0 heteroatoms. The Bertz CT molecular complexity index is 670. The lowest BCUT2D eigenvalue weighted by molar-refractivity contribution is 0.482. The normalized spacial score (nSPS) is 16.0. The van der Waals surface area contributed by atoms with Crippen LogP contribution in [0.5, 0.6) is 0 Å². The Hall–Kier alpha value is -2.34. The van der Waals surface area contributed by atoms with Gasteiger partial charge in [-0.1, -0.05) is 80.0 Å². The van der Waals surface area contributed by atoms with Gasteiger partial charge in [0.05, 0.1) is 0 Å². The number of benzene rings is 1. The predicted octanol–water partition coefficient (Wildman–Crippen LogP) is 6.54. The molecule has 1 aliphatic rings. The molecular weight excluding hydrogens is 288 g/mol. The summed E-state index contributed by atoms with van der Waals surface area (Å²) in [7, 11) is 0. The van der Waals surface area contributed by atoms with Crippen molar-refractivity contribution in [1.29, 1.82) is 0 Å². The van der Waals surface area contributed by atoms with Gasteiger partial charge in [-0.3, -0.25) is 0 Å². The number of unbranched alkanes of at least 4 members (excludes halogenated alkanes) is 1. The van der Waals surface area contributed by atoms with Crippen molar-refractivity contribution in [3.63, 3.8) is 0 Å². The smallest absolute Gasteiger partial charge is 0.0271 e. The first-order chi connectivity index (χ1) is 11.6. The van der Waals surface area contributed by atoms with E-state index in [1.54, 1.807) is 0 Å². The molecule has 0 unspecified atom stereocenters. The second-order valence-corrected chi connectivity index (χ2v) is 6.41. The van der Waals surface area contributed by atoms with E-state index in [1.807, 2.05) is 13.0 Å². The topological polar surface area (TPSA) is 0 Å². The monoisotopic (exact) mass is 316 g/mol. The molecule has 0 bridgehead atoms. The van der Waals surface area contributed by atoms with E-state index in [0.717, 1.165) is 36.8 Å². The van der Waals surface area contributed by atoms with Crippen LogP contribution in [0.2, 0.25) is 0 Å². The van der Waals surface area contributed by atoms with Crippen LogP contribution >= 0.6 is 0 Å². The highest BCUT2D eigenvalue weighted by Crippen LogP contribution is 2.47. The molecule has 24 heavy (non-hydrogen) atoms. The Balaban J connectivity index is 2.21. The molecule has 0 nitrogen and oxygen atoms in total. The van der Waals surface area contributed by atoms with Crippen LogP contribution in [0.15, 0.2) is 97.7 Å². The third-order valence-electron chi connectivity index (χ3n) is 4.78. The van der Waals surface area contributed by atoms with Gasteiger partial charge >= 0.3 is 0 Å². The minimum Gasteiger partial charge on any atom is -0.103 e. The lowest BCUT2D eigenvalue weighted by Crippen LogP contribution is -2.24. The van der Waals surface area contributed by atoms with Crippen molar-refractivity contribution >= 4 is 0 Å². The molecule has 1 aromatic rings. The van der Waals surface area contributed by atoms with Crippen LogP contribution in [0, 0.1) is 5.41 Å². The van der Waals surface area contributed by atoms with Gasteiger partial charge < -0.3 is 0 Å². The second-order valence-electron chi connectivity index (χ2n) is 6.41. The Morgan fingerprint density at radius 3 is 2.21 bits per heavy atom. The van der Waals surface area contributed by atoms with Gasteiger partial charge in [-0.05, 0) is 54.9 Å². The fourth-order valence-corrected chi connectivity index (χ4v) is 3.36. The molecule has 1 aromatic carbocycles. The van der Waals surface area contributed by atoms with Gasteiger partial charge in [-0.2, -0.15) is 0 Å². The molecule has 2 rings (SSSR count). The first kappa shape index (κ1) is 18.0. The number of hydrogen-bond donors (Lipinski definition) is 0.